The zero-order valence-electron chi connectivity index (χ0n) is 11.5. The van der Waals surface area contributed by atoms with Crippen LogP contribution < -0.4 is 5.32 Å². The summed E-state index contributed by atoms with van der Waals surface area (Å²) in [4.78, 5) is 26.9. The first-order valence-corrected chi connectivity index (χ1v) is 7.34. The minimum atomic E-state index is -1.14. The van der Waals surface area contributed by atoms with E-state index >= 15 is 0 Å². The van der Waals surface area contributed by atoms with Gasteiger partial charge in [-0.3, -0.25) is 0 Å². The molecule has 0 aliphatic rings. The molecule has 1 atom stereocenters. The first kappa shape index (κ1) is 16.7. The number of amides is 1. The SMILES string of the molecule is CC(C)(C)OC(=O)N[C@@H](Cc1nc(CCl)cs1)C(=O)O. The van der Waals surface area contributed by atoms with E-state index in [0.717, 1.165) is 0 Å². The van der Waals surface area contributed by atoms with E-state index in [2.05, 4.69) is 10.3 Å². The van der Waals surface area contributed by atoms with Gasteiger partial charge in [-0.05, 0) is 20.8 Å². The highest BCUT2D eigenvalue weighted by atomic mass is 35.5. The van der Waals surface area contributed by atoms with E-state index in [1.165, 1.54) is 11.3 Å². The van der Waals surface area contributed by atoms with Gasteiger partial charge >= 0.3 is 12.1 Å². The van der Waals surface area contributed by atoms with Crippen LogP contribution in [0, 0.1) is 0 Å². The van der Waals surface area contributed by atoms with E-state index in [9.17, 15) is 9.59 Å². The molecule has 1 amide bonds. The van der Waals surface area contributed by atoms with Crippen LogP contribution in [0.1, 0.15) is 31.5 Å². The minimum absolute atomic E-state index is 0.0934. The number of ether oxygens (including phenoxy) is 1. The second kappa shape index (κ2) is 6.90. The number of carboxylic acids is 1. The van der Waals surface area contributed by atoms with E-state index in [1.54, 1.807) is 26.2 Å². The number of carboxylic acid groups (broad SMARTS) is 1. The van der Waals surface area contributed by atoms with Gasteiger partial charge in [0.15, 0.2) is 0 Å². The van der Waals surface area contributed by atoms with Gasteiger partial charge in [-0.15, -0.1) is 22.9 Å². The van der Waals surface area contributed by atoms with Crippen molar-refractivity contribution in [1.82, 2.24) is 10.3 Å². The Bertz CT molecular complexity index is 484. The highest BCUT2D eigenvalue weighted by Crippen LogP contribution is 2.14. The molecule has 1 rings (SSSR count). The molecule has 1 aromatic rings. The van der Waals surface area contributed by atoms with Crippen molar-refractivity contribution in [3.05, 3.63) is 16.1 Å². The summed E-state index contributed by atoms with van der Waals surface area (Å²) in [5.41, 5.74) is 0.00759. The van der Waals surface area contributed by atoms with Crippen molar-refractivity contribution >= 4 is 35.0 Å². The Kier molecular flexibility index (Phi) is 5.76. The molecule has 0 saturated heterocycles. The molecule has 2 N–H and O–H groups in total. The van der Waals surface area contributed by atoms with E-state index in [4.69, 9.17) is 21.4 Å². The van der Waals surface area contributed by atoms with Crippen LogP contribution in [0.2, 0.25) is 0 Å². The smallest absolute Gasteiger partial charge is 0.408 e. The van der Waals surface area contributed by atoms with Crippen LogP contribution in [0.4, 0.5) is 4.79 Å². The lowest BCUT2D eigenvalue weighted by atomic mass is 10.2. The topological polar surface area (TPSA) is 88.5 Å². The van der Waals surface area contributed by atoms with Crippen molar-refractivity contribution in [2.24, 2.45) is 0 Å². The first-order chi connectivity index (χ1) is 9.21. The Morgan fingerprint density at radius 3 is 2.65 bits per heavy atom. The van der Waals surface area contributed by atoms with Gasteiger partial charge in [0.1, 0.15) is 11.6 Å². The minimum Gasteiger partial charge on any atom is -0.480 e. The number of alkyl halides is 1. The number of hydrogen-bond donors (Lipinski definition) is 2. The van der Waals surface area contributed by atoms with Crippen molar-refractivity contribution in [2.45, 2.75) is 44.7 Å². The number of thiazole rings is 1. The number of aromatic nitrogens is 1. The molecule has 0 aromatic carbocycles. The van der Waals surface area contributed by atoms with Crippen LogP contribution >= 0.6 is 22.9 Å². The molecule has 0 bridgehead atoms. The summed E-state index contributed by atoms with van der Waals surface area (Å²) < 4.78 is 5.03. The van der Waals surface area contributed by atoms with Gasteiger partial charge < -0.3 is 15.2 Å². The lowest BCUT2D eigenvalue weighted by molar-refractivity contribution is -0.139. The number of carbonyl (C=O) groups excluding carboxylic acids is 1. The molecule has 0 aliphatic heterocycles. The van der Waals surface area contributed by atoms with E-state index in [1.807, 2.05) is 0 Å². The summed E-state index contributed by atoms with van der Waals surface area (Å²) in [5.74, 6) is -0.869. The van der Waals surface area contributed by atoms with Gasteiger partial charge in [-0.25, -0.2) is 14.6 Å². The second-order valence-corrected chi connectivity index (χ2v) is 6.32. The Morgan fingerprint density at radius 1 is 1.55 bits per heavy atom. The third-order valence-electron chi connectivity index (χ3n) is 2.10. The van der Waals surface area contributed by atoms with Crippen LogP contribution in [0.25, 0.3) is 0 Å². The van der Waals surface area contributed by atoms with Crippen LogP contribution in [0.15, 0.2) is 5.38 Å². The lowest BCUT2D eigenvalue weighted by Crippen LogP contribution is -2.44. The number of alkyl carbamates (subject to hydrolysis) is 1. The number of carbonyl (C=O) groups is 2. The van der Waals surface area contributed by atoms with Gasteiger partial charge in [0.2, 0.25) is 0 Å². The van der Waals surface area contributed by atoms with Gasteiger partial charge in [-0.1, -0.05) is 0 Å². The van der Waals surface area contributed by atoms with E-state index in [0.29, 0.717) is 10.7 Å². The Hall–Kier alpha value is -1.34. The largest absolute Gasteiger partial charge is 0.480 e. The second-order valence-electron chi connectivity index (χ2n) is 5.11. The molecule has 0 aliphatic carbocycles. The third kappa shape index (κ3) is 5.75. The molecule has 20 heavy (non-hydrogen) atoms. The summed E-state index contributed by atoms with van der Waals surface area (Å²) in [6, 6.07) is -1.08. The monoisotopic (exact) mass is 320 g/mol. The van der Waals surface area contributed by atoms with Crippen LogP contribution in [0.3, 0.4) is 0 Å². The average molecular weight is 321 g/mol. The maximum absolute atomic E-state index is 11.6. The number of aliphatic carboxylic acids is 1. The van der Waals surface area contributed by atoms with Gasteiger partial charge in [0.05, 0.1) is 16.6 Å². The van der Waals surface area contributed by atoms with Crippen molar-refractivity contribution in [2.75, 3.05) is 0 Å². The number of nitrogens with zero attached hydrogens (tertiary/aromatic N) is 1. The molecule has 8 heteroatoms. The fourth-order valence-corrected chi connectivity index (χ4v) is 2.40. The van der Waals surface area contributed by atoms with Crippen LogP contribution in [0.5, 0.6) is 0 Å². The Labute approximate surface area is 126 Å². The number of hydrogen-bond acceptors (Lipinski definition) is 5. The van der Waals surface area contributed by atoms with Gasteiger partial charge in [0.25, 0.3) is 0 Å². The van der Waals surface area contributed by atoms with E-state index < -0.39 is 23.7 Å². The maximum atomic E-state index is 11.6. The Balaban J connectivity index is 2.65. The van der Waals surface area contributed by atoms with Crippen molar-refractivity contribution in [3.63, 3.8) is 0 Å². The van der Waals surface area contributed by atoms with Crippen molar-refractivity contribution in [3.8, 4) is 0 Å². The summed E-state index contributed by atoms with van der Waals surface area (Å²) in [6.45, 7) is 5.11. The first-order valence-electron chi connectivity index (χ1n) is 5.93. The summed E-state index contributed by atoms with van der Waals surface area (Å²) >= 11 is 6.94. The summed E-state index contributed by atoms with van der Waals surface area (Å²) in [5, 5.41) is 13.8. The molecule has 1 aromatic heterocycles. The molecule has 6 nitrogen and oxygen atoms in total. The number of rotatable bonds is 5. The van der Waals surface area contributed by atoms with Gasteiger partial charge in [-0.2, -0.15) is 0 Å². The van der Waals surface area contributed by atoms with Crippen molar-refractivity contribution < 1.29 is 19.4 Å². The standard InChI is InChI=1S/C12H17ClN2O4S/c1-12(2,3)19-11(18)15-8(10(16)17)4-9-14-7(5-13)6-20-9/h6,8H,4-5H2,1-3H3,(H,15,18)(H,16,17)/t8-/m0/s1. The molecular weight excluding hydrogens is 304 g/mol. The summed E-state index contributed by atoms with van der Waals surface area (Å²) in [7, 11) is 0. The number of nitrogens with one attached hydrogen (secondary N) is 1. The third-order valence-corrected chi connectivity index (χ3v) is 3.30. The molecule has 0 fully saturated rings. The molecule has 0 radical (unpaired) electrons. The fourth-order valence-electron chi connectivity index (χ4n) is 1.33. The summed E-state index contributed by atoms with van der Waals surface area (Å²) in [6.07, 6.45) is -0.671. The molecule has 112 valence electrons. The van der Waals surface area contributed by atoms with Crippen LogP contribution in [-0.2, 0) is 21.8 Å². The average Bonchev–Trinajstić information content (AvgIpc) is 2.73. The molecule has 0 spiro atoms. The molecule has 0 unspecified atom stereocenters. The van der Waals surface area contributed by atoms with Gasteiger partial charge in [0, 0.05) is 11.8 Å². The predicted octanol–water partition coefficient (Wildman–Crippen LogP) is 2.40. The highest BCUT2D eigenvalue weighted by Gasteiger charge is 2.25. The van der Waals surface area contributed by atoms with Crippen LogP contribution in [-0.4, -0.2) is 33.8 Å². The lowest BCUT2D eigenvalue weighted by Gasteiger charge is -2.21. The zero-order chi connectivity index (χ0) is 15.3. The highest BCUT2D eigenvalue weighted by molar-refractivity contribution is 7.09. The molecular formula is C12H17ClN2O4S. The maximum Gasteiger partial charge on any atom is 0.408 e. The Morgan fingerprint density at radius 2 is 2.20 bits per heavy atom. The quantitative estimate of drug-likeness (QED) is 0.813. The predicted molar refractivity (Wildman–Crippen MR) is 76.2 cm³/mol. The zero-order valence-corrected chi connectivity index (χ0v) is 13.0. The van der Waals surface area contributed by atoms with Crippen molar-refractivity contribution in [1.29, 1.82) is 0 Å². The normalized spacial score (nSPS) is 12.8. The fraction of sp³-hybridized carbons (Fsp3) is 0.583. The number of halogens is 1. The van der Waals surface area contributed by atoms with E-state index in [-0.39, 0.29) is 12.3 Å². The molecule has 1 heterocycles. The molecule has 0 saturated carbocycles.